The van der Waals surface area contributed by atoms with Gasteiger partial charge in [0, 0.05) is 10.4 Å². The summed E-state index contributed by atoms with van der Waals surface area (Å²) in [6, 6.07) is 7.78. The van der Waals surface area contributed by atoms with Crippen LogP contribution in [-0.4, -0.2) is 34.9 Å². The minimum absolute atomic E-state index is 0.0959. The number of aromatic nitrogens is 2. The van der Waals surface area contributed by atoms with Crippen molar-refractivity contribution >= 4 is 40.0 Å². The Morgan fingerprint density at radius 1 is 1.16 bits per heavy atom. The predicted octanol–water partition coefficient (Wildman–Crippen LogP) is 4.89. The number of rotatable bonds is 6. The number of carbonyl (C=O) groups is 2. The molecule has 2 aromatic heterocycles. The van der Waals surface area contributed by atoms with Crippen LogP contribution in [-0.2, 0) is 22.4 Å². The molecule has 0 saturated heterocycles. The Morgan fingerprint density at radius 2 is 1.94 bits per heavy atom. The van der Waals surface area contributed by atoms with E-state index < -0.39 is 5.97 Å². The number of thioether (sulfide) groups is 1. The first kappa shape index (κ1) is 21.6. The normalized spacial score (nSPS) is 13.4. The molecule has 0 spiro atoms. The van der Waals surface area contributed by atoms with Crippen LogP contribution in [0.15, 0.2) is 33.9 Å². The summed E-state index contributed by atoms with van der Waals surface area (Å²) < 4.78 is 10.6. The van der Waals surface area contributed by atoms with E-state index in [1.54, 1.807) is 0 Å². The number of hydrogen-bond acceptors (Lipinski definition) is 8. The zero-order chi connectivity index (χ0) is 21.8. The molecule has 0 saturated carbocycles. The maximum Gasteiger partial charge on any atom is 0.341 e. The Hall–Kier alpha value is -2.65. The van der Waals surface area contributed by atoms with E-state index in [-0.39, 0.29) is 11.7 Å². The van der Waals surface area contributed by atoms with Crippen LogP contribution in [0, 0.1) is 6.92 Å². The summed E-state index contributed by atoms with van der Waals surface area (Å²) >= 11 is 2.64. The van der Waals surface area contributed by atoms with Crippen LogP contribution in [0.3, 0.4) is 0 Å². The summed E-state index contributed by atoms with van der Waals surface area (Å²) in [5.41, 5.74) is 3.50. The number of anilines is 1. The standard InChI is InChI=1S/C22H23N3O4S2/c1-13-8-10-14(11-9-13)19-24-25-22(29-19)30-12-17(26)23-20-18(21(27)28-2)15-6-4-3-5-7-16(15)31-20/h8-11H,3-7,12H2,1-2H3,(H,23,26). The van der Waals surface area contributed by atoms with Crippen LogP contribution < -0.4 is 5.32 Å². The minimum atomic E-state index is -0.401. The smallest absolute Gasteiger partial charge is 0.341 e. The van der Waals surface area contributed by atoms with Crippen molar-refractivity contribution in [1.29, 1.82) is 0 Å². The number of ether oxygens (including phenoxy) is 1. The first-order valence-electron chi connectivity index (χ1n) is 10.1. The summed E-state index contributed by atoms with van der Waals surface area (Å²) in [7, 11) is 1.37. The SMILES string of the molecule is COC(=O)c1c(NC(=O)CSc2nnc(-c3ccc(C)cc3)o2)sc2c1CCCCC2. The monoisotopic (exact) mass is 457 g/mol. The Bertz CT molecular complexity index is 1090. The highest BCUT2D eigenvalue weighted by Crippen LogP contribution is 2.38. The molecule has 1 aliphatic rings. The fourth-order valence-electron chi connectivity index (χ4n) is 3.52. The lowest BCUT2D eigenvalue weighted by atomic mass is 10.1. The highest BCUT2D eigenvalue weighted by atomic mass is 32.2. The molecule has 1 N–H and O–H groups in total. The number of fused-ring (bicyclic) bond motifs is 1. The first-order valence-corrected chi connectivity index (χ1v) is 11.9. The molecule has 162 valence electrons. The van der Waals surface area contributed by atoms with Gasteiger partial charge in [-0.05, 0) is 50.3 Å². The Labute approximate surface area is 188 Å². The van der Waals surface area contributed by atoms with Crippen molar-refractivity contribution in [2.75, 3.05) is 18.2 Å². The van der Waals surface area contributed by atoms with Crippen molar-refractivity contribution < 1.29 is 18.7 Å². The molecule has 0 radical (unpaired) electrons. The van der Waals surface area contributed by atoms with Crippen molar-refractivity contribution in [3.63, 3.8) is 0 Å². The van der Waals surface area contributed by atoms with E-state index >= 15 is 0 Å². The van der Waals surface area contributed by atoms with Crippen LogP contribution in [0.2, 0.25) is 0 Å². The molecule has 31 heavy (non-hydrogen) atoms. The van der Waals surface area contributed by atoms with Crippen LogP contribution in [0.4, 0.5) is 5.00 Å². The summed E-state index contributed by atoms with van der Waals surface area (Å²) in [5, 5.41) is 11.8. The topological polar surface area (TPSA) is 94.3 Å². The summed E-state index contributed by atoms with van der Waals surface area (Å²) in [6.45, 7) is 2.01. The number of aryl methyl sites for hydroxylation is 2. The second-order valence-electron chi connectivity index (χ2n) is 7.34. The molecule has 3 aromatic rings. The van der Waals surface area contributed by atoms with Gasteiger partial charge in [0.2, 0.25) is 11.8 Å². The Balaban J connectivity index is 1.42. The van der Waals surface area contributed by atoms with Crippen LogP contribution in [0.1, 0.15) is 45.6 Å². The van der Waals surface area contributed by atoms with Crippen LogP contribution in [0.5, 0.6) is 0 Å². The number of carbonyl (C=O) groups excluding carboxylic acids is 2. The maximum absolute atomic E-state index is 12.6. The van der Waals surface area contributed by atoms with E-state index in [1.165, 1.54) is 23.3 Å². The number of amides is 1. The molecule has 4 rings (SSSR count). The molecule has 7 nitrogen and oxygen atoms in total. The molecule has 1 amide bonds. The van der Waals surface area contributed by atoms with E-state index in [2.05, 4.69) is 15.5 Å². The number of nitrogens with one attached hydrogen (secondary N) is 1. The van der Waals surface area contributed by atoms with Crippen molar-refractivity contribution in [2.45, 2.75) is 44.3 Å². The number of benzene rings is 1. The Morgan fingerprint density at radius 3 is 2.71 bits per heavy atom. The largest absolute Gasteiger partial charge is 0.465 e. The molecule has 0 aliphatic heterocycles. The molecule has 0 fully saturated rings. The highest BCUT2D eigenvalue weighted by Gasteiger charge is 2.26. The number of thiophene rings is 1. The second kappa shape index (κ2) is 9.65. The van der Waals surface area contributed by atoms with E-state index in [1.807, 2.05) is 31.2 Å². The van der Waals surface area contributed by atoms with Gasteiger partial charge >= 0.3 is 5.97 Å². The Kier molecular flexibility index (Phi) is 6.72. The van der Waals surface area contributed by atoms with Gasteiger partial charge in [-0.1, -0.05) is 35.9 Å². The van der Waals surface area contributed by atoms with Gasteiger partial charge in [0.15, 0.2) is 0 Å². The maximum atomic E-state index is 12.6. The number of nitrogens with zero attached hydrogens (tertiary/aromatic N) is 2. The third-order valence-corrected chi connectivity index (χ3v) is 7.12. The van der Waals surface area contributed by atoms with Gasteiger partial charge in [-0.15, -0.1) is 21.5 Å². The van der Waals surface area contributed by atoms with Crippen LogP contribution in [0.25, 0.3) is 11.5 Å². The predicted molar refractivity (Wildman–Crippen MR) is 121 cm³/mol. The molecule has 1 aromatic carbocycles. The van der Waals surface area contributed by atoms with Gasteiger partial charge in [0.05, 0.1) is 18.4 Å². The highest BCUT2D eigenvalue weighted by molar-refractivity contribution is 7.99. The number of methoxy groups -OCH3 is 1. The van der Waals surface area contributed by atoms with Crippen LogP contribution >= 0.6 is 23.1 Å². The third-order valence-electron chi connectivity index (χ3n) is 5.10. The molecule has 2 heterocycles. The van der Waals surface area contributed by atoms with Crippen molar-refractivity contribution in [1.82, 2.24) is 10.2 Å². The van der Waals surface area contributed by atoms with Crippen molar-refractivity contribution in [3.05, 3.63) is 45.8 Å². The van der Waals surface area contributed by atoms with Gasteiger partial charge < -0.3 is 14.5 Å². The van der Waals surface area contributed by atoms with Gasteiger partial charge in [-0.25, -0.2) is 4.79 Å². The lowest BCUT2D eigenvalue weighted by Gasteiger charge is -2.07. The third kappa shape index (κ3) is 4.99. The molecular formula is C22H23N3O4S2. The van der Waals surface area contributed by atoms with Crippen molar-refractivity contribution in [2.24, 2.45) is 0 Å². The average molecular weight is 458 g/mol. The zero-order valence-electron chi connectivity index (χ0n) is 17.4. The number of esters is 1. The van der Waals surface area contributed by atoms with E-state index in [0.29, 0.717) is 21.7 Å². The summed E-state index contributed by atoms with van der Waals surface area (Å²) in [4.78, 5) is 26.1. The first-order chi connectivity index (χ1) is 15.0. The van der Waals surface area contributed by atoms with E-state index in [4.69, 9.17) is 9.15 Å². The summed E-state index contributed by atoms with van der Waals surface area (Å²) in [5.74, 6) is -0.125. The van der Waals surface area contributed by atoms with Gasteiger partial charge in [-0.2, -0.15) is 0 Å². The molecular weight excluding hydrogens is 434 g/mol. The molecule has 9 heteroatoms. The second-order valence-corrected chi connectivity index (χ2v) is 9.37. The van der Waals surface area contributed by atoms with Gasteiger partial charge in [-0.3, -0.25) is 4.79 Å². The fourth-order valence-corrected chi connectivity index (χ4v) is 5.38. The lowest BCUT2D eigenvalue weighted by molar-refractivity contribution is -0.113. The zero-order valence-corrected chi connectivity index (χ0v) is 19.0. The number of hydrogen-bond donors (Lipinski definition) is 1. The quantitative estimate of drug-likeness (QED) is 0.320. The van der Waals surface area contributed by atoms with Crippen molar-refractivity contribution in [3.8, 4) is 11.5 Å². The van der Waals surface area contributed by atoms with E-state index in [0.717, 1.165) is 60.6 Å². The van der Waals surface area contributed by atoms with Gasteiger partial charge in [0.25, 0.3) is 5.22 Å². The van der Waals surface area contributed by atoms with E-state index in [9.17, 15) is 9.59 Å². The van der Waals surface area contributed by atoms with Gasteiger partial charge in [0.1, 0.15) is 5.00 Å². The molecule has 0 unspecified atom stereocenters. The molecule has 0 bridgehead atoms. The molecule has 0 atom stereocenters. The fraction of sp³-hybridized carbons (Fsp3) is 0.364. The average Bonchev–Trinajstić information content (AvgIpc) is 3.30. The summed E-state index contributed by atoms with van der Waals surface area (Å²) in [6.07, 6.45) is 5.05. The lowest BCUT2D eigenvalue weighted by Crippen LogP contribution is -2.16. The minimum Gasteiger partial charge on any atom is -0.465 e. The molecule has 1 aliphatic carbocycles.